The number of nitrogens with zero attached hydrogens (tertiary/aromatic N) is 1. The highest BCUT2D eigenvalue weighted by Crippen LogP contribution is 2.27. The molecule has 0 aliphatic rings. The average molecular weight is 191 g/mol. The topological polar surface area (TPSA) is 77.0 Å². The number of aryl methyl sites for hydroxylation is 1. The molecule has 66 valence electrons. The fourth-order valence-corrected chi connectivity index (χ4v) is 0.906. The van der Waals surface area contributed by atoms with Crippen LogP contribution in [0.25, 0.3) is 0 Å². The molecule has 0 fully saturated rings. The van der Waals surface area contributed by atoms with Crippen molar-refractivity contribution in [2.24, 2.45) is 5.84 Å². The Balaban J connectivity index is 3.39. The van der Waals surface area contributed by atoms with E-state index in [1.165, 1.54) is 0 Å². The summed E-state index contributed by atoms with van der Waals surface area (Å²) in [6.07, 6.45) is 0. The molecule has 0 aromatic carbocycles. The van der Waals surface area contributed by atoms with Crippen molar-refractivity contribution in [3.63, 3.8) is 0 Å². The molecule has 1 aromatic heterocycles. The van der Waals surface area contributed by atoms with E-state index < -0.39 is 5.82 Å². The van der Waals surface area contributed by atoms with Crippen LogP contribution in [0, 0.1) is 12.7 Å². The molecule has 4 nitrogen and oxygen atoms in total. The predicted molar refractivity (Wildman–Crippen MR) is 46.2 cm³/mol. The number of nitrogen functional groups attached to an aromatic ring is 2. The quantitative estimate of drug-likeness (QED) is 0.457. The Hall–Kier alpha value is -1.07. The van der Waals surface area contributed by atoms with Gasteiger partial charge < -0.3 is 11.2 Å². The zero-order valence-corrected chi connectivity index (χ0v) is 7.11. The molecule has 1 rings (SSSR count). The summed E-state index contributed by atoms with van der Waals surface area (Å²) in [6, 6.07) is 0. The van der Waals surface area contributed by atoms with Gasteiger partial charge in [-0.15, -0.1) is 0 Å². The van der Waals surface area contributed by atoms with Crippen molar-refractivity contribution in [1.29, 1.82) is 0 Å². The normalized spacial score (nSPS) is 10.0. The highest BCUT2D eigenvalue weighted by atomic mass is 35.5. The second kappa shape index (κ2) is 3.12. The van der Waals surface area contributed by atoms with Crippen LogP contribution in [0.15, 0.2) is 0 Å². The lowest BCUT2D eigenvalue weighted by Gasteiger charge is -2.07. The third-order valence-electron chi connectivity index (χ3n) is 1.41. The molecule has 1 heterocycles. The summed E-state index contributed by atoms with van der Waals surface area (Å²) in [6.45, 7) is 1.61. The molecule has 0 saturated heterocycles. The standard InChI is InChI=1S/C6H8ClFN4/c1-2-3(7)5(9)4(8)6(11-2)12-10/h10H2,1H3,(H3,9,11,12). The Morgan fingerprint density at radius 1 is 1.58 bits per heavy atom. The molecular weight excluding hydrogens is 183 g/mol. The lowest BCUT2D eigenvalue weighted by atomic mass is 10.3. The summed E-state index contributed by atoms with van der Waals surface area (Å²) in [4.78, 5) is 3.73. The number of anilines is 2. The lowest BCUT2D eigenvalue weighted by molar-refractivity contribution is 0.629. The van der Waals surface area contributed by atoms with Crippen LogP contribution in [0.4, 0.5) is 15.9 Å². The summed E-state index contributed by atoms with van der Waals surface area (Å²) in [7, 11) is 0. The van der Waals surface area contributed by atoms with Gasteiger partial charge in [-0.3, -0.25) is 0 Å². The van der Waals surface area contributed by atoms with E-state index in [0.29, 0.717) is 5.69 Å². The minimum atomic E-state index is -0.729. The van der Waals surface area contributed by atoms with Gasteiger partial charge in [0.15, 0.2) is 11.6 Å². The first-order valence-corrected chi connectivity index (χ1v) is 3.53. The van der Waals surface area contributed by atoms with Crippen LogP contribution in [0.2, 0.25) is 5.02 Å². The minimum absolute atomic E-state index is 0.102. The number of nitrogens with two attached hydrogens (primary N) is 2. The van der Waals surface area contributed by atoms with Crippen LogP contribution in [0.3, 0.4) is 0 Å². The molecule has 1 aromatic rings. The number of hydrogen-bond acceptors (Lipinski definition) is 4. The highest BCUT2D eigenvalue weighted by Gasteiger charge is 2.12. The Morgan fingerprint density at radius 3 is 2.67 bits per heavy atom. The van der Waals surface area contributed by atoms with Gasteiger partial charge in [-0.25, -0.2) is 15.2 Å². The minimum Gasteiger partial charge on any atom is -0.395 e. The largest absolute Gasteiger partial charge is 0.395 e. The van der Waals surface area contributed by atoms with E-state index in [0.717, 1.165) is 0 Å². The van der Waals surface area contributed by atoms with Crippen molar-refractivity contribution >= 4 is 23.1 Å². The molecule has 0 unspecified atom stereocenters. The average Bonchev–Trinajstić information content (AvgIpc) is 2.08. The highest BCUT2D eigenvalue weighted by molar-refractivity contribution is 6.33. The van der Waals surface area contributed by atoms with Crippen LogP contribution in [-0.2, 0) is 0 Å². The smallest absolute Gasteiger partial charge is 0.191 e. The summed E-state index contributed by atoms with van der Waals surface area (Å²) >= 11 is 5.62. The summed E-state index contributed by atoms with van der Waals surface area (Å²) in [5.41, 5.74) is 7.69. The Bertz CT molecular complexity index is 315. The van der Waals surface area contributed by atoms with Crippen molar-refractivity contribution in [1.82, 2.24) is 4.98 Å². The first-order valence-electron chi connectivity index (χ1n) is 3.15. The second-order valence-electron chi connectivity index (χ2n) is 2.23. The first kappa shape index (κ1) is 9.02. The SMILES string of the molecule is Cc1nc(NN)c(F)c(N)c1Cl. The molecule has 0 aliphatic heterocycles. The first-order chi connectivity index (χ1) is 5.57. The second-order valence-corrected chi connectivity index (χ2v) is 2.61. The van der Waals surface area contributed by atoms with Crippen LogP contribution >= 0.6 is 11.6 Å². The van der Waals surface area contributed by atoms with Crippen LogP contribution in [0.1, 0.15) is 5.69 Å². The third kappa shape index (κ3) is 1.28. The van der Waals surface area contributed by atoms with Crippen molar-refractivity contribution in [2.45, 2.75) is 6.92 Å². The molecule has 0 atom stereocenters. The molecule has 5 N–H and O–H groups in total. The molecule has 0 bridgehead atoms. The van der Waals surface area contributed by atoms with E-state index in [1.54, 1.807) is 6.92 Å². The summed E-state index contributed by atoms with van der Waals surface area (Å²) in [5, 5.41) is 0.117. The fraction of sp³-hybridized carbons (Fsp3) is 0.167. The van der Waals surface area contributed by atoms with Gasteiger partial charge in [0.25, 0.3) is 0 Å². The number of hydrogen-bond donors (Lipinski definition) is 3. The summed E-state index contributed by atoms with van der Waals surface area (Å²) < 4.78 is 13.0. The molecule has 0 radical (unpaired) electrons. The van der Waals surface area contributed by atoms with Gasteiger partial charge in [-0.05, 0) is 6.92 Å². The summed E-state index contributed by atoms with van der Waals surface area (Å²) in [5.74, 6) is 4.16. The lowest BCUT2D eigenvalue weighted by Crippen LogP contribution is -2.12. The van der Waals surface area contributed by atoms with Crippen molar-refractivity contribution in [3.8, 4) is 0 Å². The van der Waals surface area contributed by atoms with Crippen molar-refractivity contribution in [3.05, 3.63) is 16.5 Å². The molecule has 6 heteroatoms. The molecule has 0 saturated carbocycles. The number of nitrogens with one attached hydrogen (secondary N) is 1. The number of rotatable bonds is 1. The van der Waals surface area contributed by atoms with Gasteiger partial charge in [-0.1, -0.05) is 11.6 Å². The zero-order valence-electron chi connectivity index (χ0n) is 6.36. The molecule has 0 amide bonds. The molecule has 12 heavy (non-hydrogen) atoms. The van der Waals surface area contributed by atoms with E-state index in [9.17, 15) is 4.39 Å². The number of halogens is 2. The van der Waals surface area contributed by atoms with Crippen LogP contribution < -0.4 is 17.0 Å². The van der Waals surface area contributed by atoms with Gasteiger partial charge in [-0.2, -0.15) is 0 Å². The van der Waals surface area contributed by atoms with Gasteiger partial charge in [0, 0.05) is 0 Å². The Kier molecular flexibility index (Phi) is 2.35. The third-order valence-corrected chi connectivity index (χ3v) is 1.89. The monoisotopic (exact) mass is 190 g/mol. The van der Waals surface area contributed by atoms with Crippen LogP contribution in [-0.4, -0.2) is 4.98 Å². The Labute approximate surface area is 73.7 Å². The predicted octanol–water partition coefficient (Wildman–Crippen LogP) is 1.05. The van der Waals surface area contributed by atoms with Crippen molar-refractivity contribution < 1.29 is 4.39 Å². The van der Waals surface area contributed by atoms with E-state index in [4.69, 9.17) is 23.2 Å². The van der Waals surface area contributed by atoms with Gasteiger partial charge in [0.2, 0.25) is 0 Å². The van der Waals surface area contributed by atoms with Crippen molar-refractivity contribution in [2.75, 3.05) is 11.2 Å². The maximum absolute atomic E-state index is 13.0. The zero-order chi connectivity index (χ0) is 9.30. The van der Waals surface area contributed by atoms with Crippen LogP contribution in [0.5, 0.6) is 0 Å². The molecular formula is C6H8ClFN4. The molecule has 0 aliphatic carbocycles. The van der Waals surface area contributed by atoms with E-state index in [2.05, 4.69) is 10.4 Å². The van der Waals surface area contributed by atoms with E-state index >= 15 is 0 Å². The van der Waals surface area contributed by atoms with Gasteiger partial charge >= 0.3 is 0 Å². The number of hydrazine groups is 1. The molecule has 0 spiro atoms. The number of pyridine rings is 1. The Morgan fingerprint density at radius 2 is 2.17 bits per heavy atom. The van der Waals surface area contributed by atoms with Gasteiger partial charge in [0.05, 0.1) is 16.4 Å². The maximum Gasteiger partial charge on any atom is 0.191 e. The van der Waals surface area contributed by atoms with Gasteiger partial charge in [0.1, 0.15) is 0 Å². The van der Waals surface area contributed by atoms with E-state index in [-0.39, 0.29) is 16.5 Å². The number of aromatic nitrogens is 1. The fourth-order valence-electron chi connectivity index (χ4n) is 0.780. The maximum atomic E-state index is 13.0. The van der Waals surface area contributed by atoms with E-state index in [1.807, 2.05) is 0 Å².